The van der Waals surface area contributed by atoms with Gasteiger partial charge in [0.2, 0.25) is 0 Å². The minimum atomic E-state index is -1.10. The van der Waals surface area contributed by atoms with E-state index in [0.717, 1.165) is 12.1 Å². The highest BCUT2D eigenvalue weighted by Crippen LogP contribution is 2.24. The summed E-state index contributed by atoms with van der Waals surface area (Å²) in [6.45, 7) is 9.85. The number of carbonyl (C=O) groups is 2. The molecule has 140 valence electrons. The molecule has 7 heteroatoms. The Morgan fingerprint density at radius 2 is 1.85 bits per heavy atom. The van der Waals surface area contributed by atoms with Crippen LogP contribution >= 0.6 is 0 Å². The second-order valence-electron chi connectivity index (χ2n) is 7.38. The van der Waals surface area contributed by atoms with Crippen LogP contribution in [0.5, 0.6) is 0 Å². The first kappa shape index (κ1) is 19.6. The van der Waals surface area contributed by atoms with E-state index in [1.54, 1.807) is 4.68 Å². The van der Waals surface area contributed by atoms with Crippen molar-refractivity contribution in [3.63, 3.8) is 0 Å². The topological polar surface area (TPSA) is 97.1 Å². The molecule has 2 rings (SSSR count). The molecule has 0 fully saturated rings. The van der Waals surface area contributed by atoms with Gasteiger partial charge >= 0.3 is 5.97 Å². The normalized spacial score (nSPS) is 12.7. The summed E-state index contributed by atoms with van der Waals surface area (Å²) >= 11 is 0. The summed E-state index contributed by atoms with van der Waals surface area (Å²) in [5.74, 6) is -1.62. The predicted molar refractivity (Wildman–Crippen MR) is 98.6 cm³/mol. The fraction of sp³-hybridized carbons (Fsp3) is 0.474. The Kier molecular flexibility index (Phi) is 5.79. The standard InChI is InChI=1S/C19H26N4O3/c1-6-7-15-16(17(24)20-12(2)18(25)26)21-22-23(15)14-10-8-13(9-11-14)19(3,4)5/h8-12H,6-7H2,1-5H3,(H,20,24)(H,25,26). The zero-order valence-corrected chi connectivity index (χ0v) is 15.9. The lowest BCUT2D eigenvalue weighted by Crippen LogP contribution is -2.38. The number of carboxylic acids is 1. The Balaban J connectivity index is 2.37. The summed E-state index contributed by atoms with van der Waals surface area (Å²) in [5, 5.41) is 19.5. The van der Waals surface area contributed by atoms with Gasteiger partial charge < -0.3 is 10.4 Å². The van der Waals surface area contributed by atoms with E-state index in [-0.39, 0.29) is 11.1 Å². The predicted octanol–water partition coefficient (Wildman–Crippen LogP) is 2.72. The second kappa shape index (κ2) is 7.68. The molecule has 1 aromatic carbocycles. The number of aromatic nitrogens is 3. The molecule has 7 nitrogen and oxygen atoms in total. The monoisotopic (exact) mass is 358 g/mol. The molecular formula is C19H26N4O3. The Hall–Kier alpha value is -2.70. The highest BCUT2D eigenvalue weighted by Gasteiger charge is 2.23. The van der Waals surface area contributed by atoms with Gasteiger partial charge in [-0.05, 0) is 36.5 Å². The van der Waals surface area contributed by atoms with Gasteiger partial charge in [-0.15, -0.1) is 5.10 Å². The van der Waals surface area contributed by atoms with Crippen LogP contribution in [-0.2, 0) is 16.6 Å². The van der Waals surface area contributed by atoms with Crippen molar-refractivity contribution >= 4 is 11.9 Å². The molecule has 0 spiro atoms. The number of carboxylic acid groups (broad SMARTS) is 1. The van der Waals surface area contributed by atoms with Gasteiger partial charge in [0.15, 0.2) is 5.69 Å². The van der Waals surface area contributed by atoms with E-state index in [1.807, 2.05) is 31.2 Å². The van der Waals surface area contributed by atoms with Crippen molar-refractivity contribution in [1.82, 2.24) is 20.3 Å². The van der Waals surface area contributed by atoms with Crippen molar-refractivity contribution in [2.75, 3.05) is 0 Å². The summed E-state index contributed by atoms with van der Waals surface area (Å²) < 4.78 is 1.65. The quantitative estimate of drug-likeness (QED) is 0.827. The zero-order valence-electron chi connectivity index (χ0n) is 15.9. The van der Waals surface area contributed by atoms with Crippen molar-refractivity contribution in [3.8, 4) is 5.69 Å². The lowest BCUT2D eigenvalue weighted by atomic mass is 9.87. The lowest BCUT2D eigenvalue weighted by molar-refractivity contribution is -0.138. The van der Waals surface area contributed by atoms with Crippen LogP contribution in [0.2, 0.25) is 0 Å². The maximum Gasteiger partial charge on any atom is 0.325 e. The highest BCUT2D eigenvalue weighted by molar-refractivity contribution is 5.95. The van der Waals surface area contributed by atoms with Crippen molar-refractivity contribution in [2.45, 2.75) is 58.9 Å². The number of hydrogen-bond donors (Lipinski definition) is 2. The molecule has 0 bridgehead atoms. The largest absolute Gasteiger partial charge is 0.480 e. The van der Waals surface area contributed by atoms with Crippen LogP contribution in [0.1, 0.15) is 62.8 Å². The average Bonchev–Trinajstić information content (AvgIpc) is 2.98. The summed E-state index contributed by atoms with van der Waals surface area (Å²) in [6.07, 6.45) is 1.42. The van der Waals surface area contributed by atoms with E-state index < -0.39 is 17.9 Å². The number of benzene rings is 1. The van der Waals surface area contributed by atoms with Crippen LogP contribution < -0.4 is 5.32 Å². The first-order chi connectivity index (χ1) is 12.1. The Labute approximate surface area is 153 Å². The Morgan fingerprint density at radius 1 is 1.23 bits per heavy atom. The molecule has 1 atom stereocenters. The van der Waals surface area contributed by atoms with E-state index in [4.69, 9.17) is 5.11 Å². The second-order valence-corrected chi connectivity index (χ2v) is 7.38. The molecule has 0 aliphatic rings. The zero-order chi connectivity index (χ0) is 19.5. The van der Waals surface area contributed by atoms with Gasteiger partial charge in [0.25, 0.3) is 5.91 Å². The average molecular weight is 358 g/mol. The highest BCUT2D eigenvalue weighted by atomic mass is 16.4. The van der Waals surface area contributed by atoms with Gasteiger partial charge in [-0.3, -0.25) is 9.59 Å². The Bertz CT molecular complexity index is 788. The molecule has 1 unspecified atom stereocenters. The van der Waals surface area contributed by atoms with Crippen LogP contribution in [0.4, 0.5) is 0 Å². The van der Waals surface area contributed by atoms with Gasteiger partial charge in [-0.1, -0.05) is 51.5 Å². The van der Waals surface area contributed by atoms with E-state index in [2.05, 4.69) is 36.4 Å². The lowest BCUT2D eigenvalue weighted by Gasteiger charge is -2.19. The maximum atomic E-state index is 12.4. The van der Waals surface area contributed by atoms with Gasteiger partial charge in [0, 0.05) is 0 Å². The molecule has 2 N–H and O–H groups in total. The van der Waals surface area contributed by atoms with E-state index in [0.29, 0.717) is 12.1 Å². The number of nitrogens with one attached hydrogen (secondary N) is 1. The molecule has 2 aromatic rings. The van der Waals surface area contributed by atoms with Crippen molar-refractivity contribution in [3.05, 3.63) is 41.2 Å². The number of nitrogens with zero attached hydrogens (tertiary/aromatic N) is 3. The molecule has 0 saturated carbocycles. The van der Waals surface area contributed by atoms with Crippen LogP contribution in [-0.4, -0.2) is 38.0 Å². The maximum absolute atomic E-state index is 12.4. The summed E-state index contributed by atoms with van der Waals surface area (Å²) in [7, 11) is 0. The summed E-state index contributed by atoms with van der Waals surface area (Å²) in [6, 6.07) is 7.00. The minimum absolute atomic E-state index is 0.0468. The summed E-state index contributed by atoms with van der Waals surface area (Å²) in [4.78, 5) is 23.4. The van der Waals surface area contributed by atoms with Crippen molar-refractivity contribution < 1.29 is 14.7 Å². The number of carbonyl (C=O) groups excluding carboxylic acids is 1. The van der Waals surface area contributed by atoms with E-state index in [1.165, 1.54) is 12.5 Å². The molecule has 26 heavy (non-hydrogen) atoms. The van der Waals surface area contributed by atoms with Gasteiger partial charge in [0.05, 0.1) is 11.4 Å². The fourth-order valence-corrected chi connectivity index (χ4v) is 2.58. The third-order valence-corrected chi connectivity index (χ3v) is 4.16. The third-order valence-electron chi connectivity index (χ3n) is 4.16. The first-order valence-electron chi connectivity index (χ1n) is 8.74. The first-order valence-corrected chi connectivity index (χ1v) is 8.74. The van der Waals surface area contributed by atoms with Crippen LogP contribution in [0, 0.1) is 0 Å². The van der Waals surface area contributed by atoms with Crippen molar-refractivity contribution in [2.24, 2.45) is 0 Å². The number of rotatable bonds is 6. The van der Waals surface area contributed by atoms with Crippen LogP contribution in [0.25, 0.3) is 5.69 Å². The summed E-state index contributed by atoms with van der Waals surface area (Å²) in [5.41, 5.74) is 2.91. The van der Waals surface area contributed by atoms with Crippen LogP contribution in [0.15, 0.2) is 24.3 Å². The minimum Gasteiger partial charge on any atom is -0.480 e. The molecule has 0 radical (unpaired) electrons. The SMILES string of the molecule is CCCc1c(C(=O)NC(C)C(=O)O)nnn1-c1ccc(C(C)(C)C)cc1. The van der Waals surface area contributed by atoms with Gasteiger partial charge in [0.1, 0.15) is 6.04 Å². The molecular weight excluding hydrogens is 332 g/mol. The smallest absolute Gasteiger partial charge is 0.325 e. The molecule has 0 saturated heterocycles. The number of amides is 1. The Morgan fingerprint density at radius 3 is 2.35 bits per heavy atom. The van der Waals surface area contributed by atoms with E-state index in [9.17, 15) is 9.59 Å². The molecule has 1 amide bonds. The van der Waals surface area contributed by atoms with Crippen molar-refractivity contribution in [1.29, 1.82) is 0 Å². The van der Waals surface area contributed by atoms with E-state index >= 15 is 0 Å². The number of hydrogen-bond acceptors (Lipinski definition) is 4. The number of aliphatic carboxylic acids is 1. The molecule has 1 heterocycles. The molecule has 1 aromatic heterocycles. The molecule has 0 aliphatic carbocycles. The molecule has 0 aliphatic heterocycles. The third kappa shape index (κ3) is 4.28. The fourth-order valence-electron chi connectivity index (χ4n) is 2.58. The van der Waals surface area contributed by atoms with Crippen LogP contribution in [0.3, 0.4) is 0 Å². The van der Waals surface area contributed by atoms with Gasteiger partial charge in [-0.25, -0.2) is 4.68 Å². The van der Waals surface area contributed by atoms with Gasteiger partial charge in [-0.2, -0.15) is 0 Å².